The van der Waals surface area contributed by atoms with Crippen molar-refractivity contribution >= 4 is 35.4 Å². The summed E-state index contributed by atoms with van der Waals surface area (Å²) >= 11 is 0. The zero-order valence-corrected chi connectivity index (χ0v) is 28.2. The first kappa shape index (κ1) is 36.3. The molecule has 0 saturated heterocycles. The summed E-state index contributed by atoms with van der Waals surface area (Å²) in [5, 5.41) is 21.3. The zero-order valence-electron chi connectivity index (χ0n) is 28.2. The Balaban J connectivity index is 1.51. The lowest BCUT2D eigenvalue weighted by atomic mass is 9.89. The van der Waals surface area contributed by atoms with Gasteiger partial charge < -0.3 is 34.1 Å². The van der Waals surface area contributed by atoms with E-state index >= 15 is 0 Å². The van der Waals surface area contributed by atoms with Crippen LogP contribution in [0, 0.1) is 18.3 Å². The van der Waals surface area contributed by atoms with Crippen molar-refractivity contribution < 1.29 is 42.6 Å². The Morgan fingerprint density at radius 2 is 1.80 bits per heavy atom. The molecule has 0 bridgehead atoms. The van der Waals surface area contributed by atoms with Gasteiger partial charge in [0, 0.05) is 29.8 Å². The second kappa shape index (κ2) is 16.2. The van der Waals surface area contributed by atoms with Gasteiger partial charge in [-0.15, -0.1) is 0 Å². The van der Waals surface area contributed by atoms with Crippen molar-refractivity contribution in [3.63, 3.8) is 0 Å². The summed E-state index contributed by atoms with van der Waals surface area (Å²) in [7, 11) is 0. The summed E-state index contributed by atoms with van der Waals surface area (Å²) in [6.07, 6.45) is 3.26. The lowest BCUT2D eigenvalue weighted by Crippen LogP contribution is -2.27. The number of ketones is 1. The van der Waals surface area contributed by atoms with Crippen LogP contribution in [-0.4, -0.2) is 52.6 Å². The van der Waals surface area contributed by atoms with E-state index in [1.165, 1.54) is 25.1 Å². The van der Waals surface area contributed by atoms with E-state index < -0.39 is 36.9 Å². The molecule has 0 unspecified atom stereocenters. The van der Waals surface area contributed by atoms with Gasteiger partial charge in [-0.2, -0.15) is 0 Å². The van der Waals surface area contributed by atoms with E-state index in [1.54, 1.807) is 43.3 Å². The van der Waals surface area contributed by atoms with Gasteiger partial charge in [-0.25, -0.2) is 14.6 Å². The van der Waals surface area contributed by atoms with Gasteiger partial charge >= 0.3 is 17.8 Å². The van der Waals surface area contributed by atoms with Gasteiger partial charge in [0.15, 0.2) is 29.6 Å². The van der Waals surface area contributed by atoms with Crippen LogP contribution in [0.5, 0.6) is 0 Å². The van der Waals surface area contributed by atoms with Crippen molar-refractivity contribution in [3.05, 3.63) is 116 Å². The molecule has 0 atom stereocenters. The molecule has 2 aromatic heterocycles. The number of pyridine rings is 1. The second-order valence-electron chi connectivity index (χ2n) is 12.0. The van der Waals surface area contributed by atoms with E-state index in [4.69, 9.17) is 23.7 Å². The lowest BCUT2D eigenvalue weighted by Gasteiger charge is -2.17. The van der Waals surface area contributed by atoms with Crippen LogP contribution in [0.4, 0.5) is 0 Å². The molecule has 0 aliphatic heterocycles. The Labute approximate surface area is 292 Å². The number of rotatable bonds is 16. The number of benzene rings is 2. The van der Waals surface area contributed by atoms with Crippen molar-refractivity contribution in [2.24, 2.45) is 5.92 Å². The molecule has 51 heavy (non-hydrogen) atoms. The predicted molar refractivity (Wildman–Crippen MR) is 184 cm³/mol. The van der Waals surface area contributed by atoms with Crippen LogP contribution in [-0.2, 0) is 33.9 Å². The minimum Gasteiger partial charge on any atom is -0.466 e. The number of hydrogen-bond acceptors (Lipinski definition) is 12. The highest BCUT2D eigenvalue weighted by Gasteiger charge is 2.27. The summed E-state index contributed by atoms with van der Waals surface area (Å²) in [5.74, 6) is -2.78. The maximum atomic E-state index is 14.0. The molecule has 1 saturated carbocycles. The van der Waals surface area contributed by atoms with Crippen molar-refractivity contribution in [3.8, 4) is 11.1 Å². The highest BCUT2D eigenvalue weighted by Crippen LogP contribution is 2.33. The third-order valence-electron chi connectivity index (χ3n) is 8.29. The largest absolute Gasteiger partial charge is 0.519 e. The minimum atomic E-state index is -0.970. The average Bonchev–Trinajstić information content (AvgIpc) is 3.90. The Morgan fingerprint density at radius 3 is 2.43 bits per heavy atom. The number of aliphatic hydroxyl groups is 1. The van der Waals surface area contributed by atoms with E-state index in [0.717, 1.165) is 12.8 Å². The number of aliphatic hydroxyl groups excluding tert-OH is 1. The lowest BCUT2D eigenvalue weighted by molar-refractivity contribution is -0.141. The smallest absolute Gasteiger partial charge is 0.466 e. The molecule has 1 aliphatic carbocycles. The van der Waals surface area contributed by atoms with E-state index in [-0.39, 0.29) is 70.5 Å². The fourth-order valence-corrected chi connectivity index (χ4v) is 5.32. The Bertz CT molecular complexity index is 2050. The summed E-state index contributed by atoms with van der Waals surface area (Å²) in [5.41, 5.74) is 2.34. The van der Waals surface area contributed by atoms with E-state index in [0.29, 0.717) is 34.7 Å². The van der Waals surface area contributed by atoms with Crippen molar-refractivity contribution in [1.29, 1.82) is 5.41 Å². The van der Waals surface area contributed by atoms with Gasteiger partial charge in [-0.1, -0.05) is 36.9 Å². The van der Waals surface area contributed by atoms with E-state index in [2.05, 4.69) is 16.9 Å². The number of aromatic nitrogens is 1. The van der Waals surface area contributed by atoms with Gasteiger partial charge in [0.05, 0.1) is 19.6 Å². The molecular formula is C38H37N3O10. The molecule has 13 nitrogen and oxygen atoms in total. The molecule has 1 aliphatic rings. The number of carbonyl (C=O) groups excluding carboxylic acids is 4. The zero-order chi connectivity index (χ0) is 36.7. The normalized spacial score (nSPS) is 12.2. The Kier molecular flexibility index (Phi) is 11.5. The number of nitrogens with one attached hydrogen (secondary N) is 2. The second-order valence-corrected chi connectivity index (χ2v) is 12.0. The number of carbonyl (C=O) groups is 4. The Morgan fingerprint density at radius 1 is 1.06 bits per heavy atom. The maximum absolute atomic E-state index is 14.0. The number of esters is 2. The fourth-order valence-electron chi connectivity index (χ4n) is 5.32. The van der Waals surface area contributed by atoms with Gasteiger partial charge in [-0.3, -0.25) is 14.4 Å². The SMILES string of the molecule is C=Cc1cc(C(=O)Cc2ccc(C(=N)CC(=O)OCC)cc2)c(-c2ccc(C(=O)NCC3CC3)nc2C(=O)OCc2oc(=O)oc2C)cc1CO. The molecule has 4 aromatic rings. The van der Waals surface area contributed by atoms with Crippen LogP contribution in [0.1, 0.15) is 91.3 Å². The van der Waals surface area contributed by atoms with Crippen molar-refractivity contribution in [2.75, 3.05) is 13.2 Å². The van der Waals surface area contributed by atoms with Gasteiger partial charge in [0.25, 0.3) is 5.91 Å². The first-order chi connectivity index (χ1) is 24.5. The molecule has 0 radical (unpaired) electrons. The summed E-state index contributed by atoms with van der Waals surface area (Å²) in [6, 6.07) is 12.7. The van der Waals surface area contributed by atoms with Crippen molar-refractivity contribution in [2.45, 2.75) is 52.7 Å². The third kappa shape index (κ3) is 9.00. The summed E-state index contributed by atoms with van der Waals surface area (Å²) in [4.78, 5) is 68.4. The highest BCUT2D eigenvalue weighted by atomic mass is 16.6. The molecule has 3 N–H and O–H groups in total. The highest BCUT2D eigenvalue weighted by molar-refractivity contribution is 6.08. The molecule has 264 valence electrons. The molecule has 5 rings (SSSR count). The van der Waals surface area contributed by atoms with Crippen LogP contribution in [0.3, 0.4) is 0 Å². The van der Waals surface area contributed by atoms with E-state index in [1.807, 2.05) is 0 Å². The molecule has 1 amide bonds. The molecular weight excluding hydrogens is 658 g/mol. The summed E-state index contributed by atoms with van der Waals surface area (Å²) < 4.78 is 20.2. The monoisotopic (exact) mass is 695 g/mol. The molecule has 13 heteroatoms. The number of aryl methyl sites for hydroxylation is 1. The molecule has 1 fully saturated rings. The quantitative estimate of drug-likeness (QED) is 0.0811. The number of nitrogens with zero attached hydrogens (tertiary/aromatic N) is 1. The third-order valence-corrected chi connectivity index (χ3v) is 8.29. The maximum Gasteiger partial charge on any atom is 0.519 e. The van der Waals surface area contributed by atoms with Gasteiger partial charge in [0.2, 0.25) is 0 Å². The Hall–Kier alpha value is -5.95. The van der Waals surface area contributed by atoms with E-state index in [9.17, 15) is 29.1 Å². The fraction of sp³-hybridized carbons (Fsp3) is 0.289. The van der Waals surface area contributed by atoms with Crippen molar-refractivity contribution in [1.82, 2.24) is 10.3 Å². The number of ether oxygens (including phenoxy) is 2. The standard InChI is InChI=1S/C38H37N3O10/c1-4-24-15-29(32(43)14-22-8-10-25(11-9-22)30(39)17-34(44)48-5-2)28(16-26(24)19-42)27-12-13-31(36(45)40-18-23-6-7-23)41-35(27)37(46)49-20-33-21(3)50-38(47)51-33/h4,8-13,15-16,23,39,42H,1,5-7,14,17-20H2,2-3H3,(H,40,45). The average molecular weight is 696 g/mol. The molecule has 2 heterocycles. The van der Waals surface area contributed by atoms with Crippen LogP contribution in [0.25, 0.3) is 17.2 Å². The number of hydrogen-bond donors (Lipinski definition) is 3. The van der Waals surface area contributed by atoms with Crippen LogP contribution < -0.4 is 11.1 Å². The van der Waals surface area contributed by atoms with Gasteiger partial charge in [-0.05, 0) is 84.7 Å². The minimum absolute atomic E-state index is 0.0101. The topological polar surface area (TPSA) is 199 Å². The molecule has 2 aromatic carbocycles. The number of Topliss-reactive ketones (excluding diaryl/α,β-unsaturated/α-hetero) is 1. The predicted octanol–water partition coefficient (Wildman–Crippen LogP) is 4.98. The molecule has 0 spiro atoms. The first-order valence-corrected chi connectivity index (χ1v) is 16.3. The van der Waals surface area contributed by atoms with Crippen LogP contribution in [0.15, 0.2) is 68.7 Å². The van der Waals surface area contributed by atoms with Gasteiger partial charge in [0.1, 0.15) is 5.69 Å². The summed E-state index contributed by atoms with van der Waals surface area (Å²) in [6.45, 7) is 6.78. The first-order valence-electron chi connectivity index (χ1n) is 16.3. The number of amides is 1. The van der Waals surface area contributed by atoms with Crippen LogP contribution in [0.2, 0.25) is 0 Å². The van der Waals surface area contributed by atoms with Crippen LogP contribution >= 0.6 is 0 Å².